The minimum absolute atomic E-state index is 0.0195. The van der Waals surface area contributed by atoms with Gasteiger partial charge in [0, 0.05) is 18.5 Å². The molecule has 1 heterocycles. The number of para-hydroxylation sites is 1. The van der Waals surface area contributed by atoms with Gasteiger partial charge in [0.1, 0.15) is 17.3 Å². The molecule has 1 amide bonds. The zero-order valence-electron chi connectivity index (χ0n) is 21.1. The number of carbonyl (C=O) groups is 1. The molecule has 0 saturated heterocycles. The average molecular weight is 570 g/mol. The Morgan fingerprint density at radius 3 is 2.36 bits per heavy atom. The van der Waals surface area contributed by atoms with E-state index in [1.54, 1.807) is 12.1 Å². The summed E-state index contributed by atoms with van der Waals surface area (Å²) in [5, 5.41) is 2.59. The number of hydrogen-bond donors (Lipinski definition) is 2. The van der Waals surface area contributed by atoms with Crippen molar-refractivity contribution in [2.24, 2.45) is 0 Å². The molecule has 1 unspecified atom stereocenters. The molecule has 8 nitrogen and oxygen atoms in total. The second kappa shape index (κ2) is 12.8. The highest BCUT2D eigenvalue weighted by atomic mass is 32.2. The molecule has 0 saturated carbocycles. The van der Waals surface area contributed by atoms with Gasteiger partial charge in [-0.25, -0.2) is 17.8 Å². The number of sulfonamides is 1. The van der Waals surface area contributed by atoms with Crippen molar-refractivity contribution in [1.29, 1.82) is 0 Å². The van der Waals surface area contributed by atoms with Crippen LogP contribution in [0.5, 0.6) is 11.6 Å². The van der Waals surface area contributed by atoms with Crippen LogP contribution in [-0.4, -0.2) is 38.8 Å². The lowest BCUT2D eigenvalue weighted by atomic mass is 9.99. The van der Waals surface area contributed by atoms with Crippen LogP contribution in [0.15, 0.2) is 60.7 Å². The van der Waals surface area contributed by atoms with Crippen molar-refractivity contribution in [1.82, 2.24) is 10.3 Å². The van der Waals surface area contributed by atoms with E-state index in [4.69, 9.17) is 9.47 Å². The normalized spacial score (nSPS) is 12.5. The van der Waals surface area contributed by atoms with Gasteiger partial charge in [-0.05, 0) is 48.9 Å². The Bertz CT molecular complexity index is 1390. The Labute approximate surface area is 223 Å². The summed E-state index contributed by atoms with van der Waals surface area (Å²) < 4.78 is 89.7. The number of amides is 1. The maximum Gasteiger partial charge on any atom is 0.433 e. The molecule has 1 atom stereocenters. The number of ether oxygens (including phenoxy) is 2. The van der Waals surface area contributed by atoms with Gasteiger partial charge in [-0.15, -0.1) is 0 Å². The summed E-state index contributed by atoms with van der Waals surface area (Å²) in [5.41, 5.74) is -0.920. The molecular formula is C26H27F4N3O5S. The minimum atomic E-state index is -4.69. The van der Waals surface area contributed by atoms with E-state index in [0.29, 0.717) is 12.2 Å². The van der Waals surface area contributed by atoms with Gasteiger partial charge in [-0.2, -0.15) is 13.2 Å². The standard InChI is InChI=1S/C26H27F4N3O5S/c1-17(18-9-11-22(21(27)15-18)33-39(2,35)36)24(34)31-16-19-10-12-23(26(28,29)30)32-25(19)38-14-6-13-37-20-7-4-3-5-8-20/h3-5,7-12,15,17,33H,6,13-14,16H2,1-2H3,(H,31,34). The van der Waals surface area contributed by atoms with Gasteiger partial charge >= 0.3 is 6.18 Å². The highest BCUT2D eigenvalue weighted by molar-refractivity contribution is 7.92. The Morgan fingerprint density at radius 1 is 1.03 bits per heavy atom. The maximum atomic E-state index is 14.3. The molecule has 0 spiro atoms. The summed E-state index contributed by atoms with van der Waals surface area (Å²) in [6.45, 7) is 1.59. The number of aromatic nitrogens is 1. The summed E-state index contributed by atoms with van der Waals surface area (Å²) in [6.07, 6.45) is -3.44. The van der Waals surface area contributed by atoms with Crippen molar-refractivity contribution in [3.63, 3.8) is 0 Å². The predicted molar refractivity (Wildman–Crippen MR) is 136 cm³/mol. The van der Waals surface area contributed by atoms with Crippen molar-refractivity contribution in [3.05, 3.63) is 83.3 Å². The number of anilines is 1. The molecule has 2 aromatic carbocycles. The maximum absolute atomic E-state index is 14.3. The van der Waals surface area contributed by atoms with Gasteiger partial charge in [0.05, 0.1) is 31.1 Å². The quantitative estimate of drug-likeness (QED) is 0.238. The van der Waals surface area contributed by atoms with E-state index in [-0.39, 0.29) is 42.5 Å². The van der Waals surface area contributed by atoms with Crippen LogP contribution in [0.3, 0.4) is 0 Å². The van der Waals surface area contributed by atoms with Crippen LogP contribution in [0, 0.1) is 5.82 Å². The van der Waals surface area contributed by atoms with Crippen LogP contribution in [0.25, 0.3) is 0 Å². The molecule has 0 radical (unpaired) electrons. The van der Waals surface area contributed by atoms with Gasteiger partial charge in [0.25, 0.3) is 0 Å². The second-order valence-corrected chi connectivity index (χ2v) is 10.3. The Hall–Kier alpha value is -3.87. The third-order valence-corrected chi connectivity index (χ3v) is 5.99. The van der Waals surface area contributed by atoms with Crippen molar-refractivity contribution in [2.75, 3.05) is 24.2 Å². The van der Waals surface area contributed by atoms with Crippen molar-refractivity contribution < 1.29 is 40.2 Å². The van der Waals surface area contributed by atoms with E-state index in [0.717, 1.165) is 18.4 Å². The number of nitrogens with one attached hydrogen (secondary N) is 2. The lowest BCUT2D eigenvalue weighted by molar-refractivity contribution is -0.141. The molecular weight excluding hydrogens is 542 g/mol. The molecule has 0 aliphatic heterocycles. The fourth-order valence-corrected chi connectivity index (χ4v) is 3.96. The summed E-state index contributed by atoms with van der Waals surface area (Å²) in [7, 11) is -3.69. The predicted octanol–water partition coefficient (Wildman–Crippen LogP) is 4.88. The Balaban J connectivity index is 1.63. The second-order valence-electron chi connectivity index (χ2n) is 8.58. The van der Waals surface area contributed by atoms with Gasteiger partial charge in [0.2, 0.25) is 21.8 Å². The van der Waals surface area contributed by atoms with Crippen LogP contribution in [0.4, 0.5) is 23.2 Å². The zero-order valence-corrected chi connectivity index (χ0v) is 21.9. The first-order valence-corrected chi connectivity index (χ1v) is 13.7. The summed E-state index contributed by atoms with van der Waals surface area (Å²) in [4.78, 5) is 16.3. The van der Waals surface area contributed by atoms with Crippen molar-refractivity contribution in [2.45, 2.75) is 32.0 Å². The van der Waals surface area contributed by atoms with Crippen LogP contribution in [0.2, 0.25) is 0 Å². The molecule has 0 aliphatic rings. The first-order chi connectivity index (χ1) is 18.3. The van der Waals surface area contributed by atoms with E-state index in [1.807, 2.05) is 22.9 Å². The molecule has 2 N–H and O–H groups in total. The van der Waals surface area contributed by atoms with Crippen molar-refractivity contribution in [3.8, 4) is 11.6 Å². The average Bonchev–Trinajstić information content (AvgIpc) is 2.87. The molecule has 13 heteroatoms. The van der Waals surface area contributed by atoms with E-state index in [9.17, 15) is 30.8 Å². The van der Waals surface area contributed by atoms with Crippen LogP contribution in [-0.2, 0) is 27.5 Å². The molecule has 39 heavy (non-hydrogen) atoms. The number of pyridine rings is 1. The summed E-state index contributed by atoms with van der Waals surface area (Å²) in [6, 6.07) is 14.6. The molecule has 0 bridgehead atoms. The van der Waals surface area contributed by atoms with Crippen LogP contribution < -0.4 is 19.5 Å². The molecule has 1 aromatic heterocycles. The number of rotatable bonds is 12. The third kappa shape index (κ3) is 9.13. The number of benzene rings is 2. The van der Waals surface area contributed by atoms with Gasteiger partial charge in [0.15, 0.2) is 0 Å². The lowest BCUT2D eigenvalue weighted by Gasteiger charge is -2.16. The van der Waals surface area contributed by atoms with E-state index in [1.165, 1.54) is 25.1 Å². The van der Waals surface area contributed by atoms with Gasteiger partial charge in [-0.3, -0.25) is 9.52 Å². The number of alkyl halides is 3. The van der Waals surface area contributed by atoms with E-state index in [2.05, 4.69) is 10.3 Å². The highest BCUT2D eigenvalue weighted by Gasteiger charge is 2.33. The van der Waals surface area contributed by atoms with Crippen molar-refractivity contribution >= 4 is 21.6 Å². The van der Waals surface area contributed by atoms with E-state index < -0.39 is 39.5 Å². The fourth-order valence-electron chi connectivity index (χ4n) is 3.39. The number of carbonyl (C=O) groups excluding carboxylic acids is 1. The summed E-state index contributed by atoms with van der Waals surface area (Å²) in [5.74, 6) is -1.89. The molecule has 210 valence electrons. The molecule has 0 fully saturated rings. The summed E-state index contributed by atoms with van der Waals surface area (Å²) >= 11 is 0. The first kappa shape index (κ1) is 29.7. The van der Waals surface area contributed by atoms with Crippen LogP contribution in [0.1, 0.15) is 36.1 Å². The SMILES string of the molecule is CC(C(=O)NCc1ccc(C(F)(F)F)nc1OCCCOc1ccccc1)c1ccc(NS(C)(=O)=O)c(F)c1. The largest absolute Gasteiger partial charge is 0.493 e. The highest BCUT2D eigenvalue weighted by Crippen LogP contribution is 2.30. The number of nitrogens with zero attached hydrogens (tertiary/aromatic N) is 1. The smallest absolute Gasteiger partial charge is 0.433 e. The molecule has 0 aliphatic carbocycles. The minimum Gasteiger partial charge on any atom is -0.493 e. The fraction of sp³-hybridized carbons (Fsp3) is 0.308. The Morgan fingerprint density at radius 2 is 1.72 bits per heavy atom. The third-order valence-electron chi connectivity index (χ3n) is 5.40. The monoisotopic (exact) mass is 569 g/mol. The molecule has 3 rings (SSSR count). The number of hydrogen-bond acceptors (Lipinski definition) is 6. The zero-order chi connectivity index (χ0) is 28.6. The van der Waals surface area contributed by atoms with Gasteiger partial charge < -0.3 is 14.8 Å². The molecule has 3 aromatic rings. The number of halogens is 4. The first-order valence-electron chi connectivity index (χ1n) is 11.8. The van der Waals surface area contributed by atoms with Crippen LogP contribution >= 0.6 is 0 Å². The topological polar surface area (TPSA) is 107 Å². The Kier molecular flexibility index (Phi) is 9.73. The van der Waals surface area contributed by atoms with E-state index >= 15 is 0 Å². The lowest BCUT2D eigenvalue weighted by Crippen LogP contribution is -2.28. The van der Waals surface area contributed by atoms with Gasteiger partial charge in [-0.1, -0.05) is 24.3 Å².